The fraction of sp³-hybridized carbons (Fsp3) is 0.389. The van der Waals surface area contributed by atoms with E-state index in [-0.39, 0.29) is 23.3 Å². The van der Waals surface area contributed by atoms with Crippen molar-refractivity contribution in [2.75, 3.05) is 0 Å². The van der Waals surface area contributed by atoms with E-state index in [9.17, 15) is 14.4 Å². The molecule has 1 aromatic carbocycles. The van der Waals surface area contributed by atoms with Crippen LogP contribution in [0.5, 0.6) is 0 Å². The zero-order valence-corrected chi connectivity index (χ0v) is 13.6. The van der Waals surface area contributed by atoms with Gasteiger partial charge in [0, 0.05) is 18.0 Å². The van der Waals surface area contributed by atoms with Gasteiger partial charge in [0.25, 0.3) is 5.56 Å². The van der Waals surface area contributed by atoms with E-state index in [0.29, 0.717) is 11.8 Å². The van der Waals surface area contributed by atoms with Crippen LogP contribution in [0, 0.1) is 0 Å². The summed E-state index contributed by atoms with van der Waals surface area (Å²) in [5, 5.41) is 3.76. The van der Waals surface area contributed by atoms with Gasteiger partial charge in [0.15, 0.2) is 0 Å². The molecule has 0 bridgehead atoms. The van der Waals surface area contributed by atoms with Crippen LogP contribution in [0.15, 0.2) is 35.3 Å². The van der Waals surface area contributed by atoms with Gasteiger partial charge in [-0.05, 0) is 34.9 Å². The van der Waals surface area contributed by atoms with Crippen LogP contribution in [0.3, 0.4) is 0 Å². The van der Waals surface area contributed by atoms with Gasteiger partial charge in [-0.15, -0.1) is 0 Å². The van der Waals surface area contributed by atoms with E-state index in [1.54, 1.807) is 6.20 Å². The molecule has 0 radical (unpaired) electrons. The number of rotatable bonds is 1. The van der Waals surface area contributed by atoms with Crippen molar-refractivity contribution < 1.29 is 9.59 Å². The largest absolute Gasteiger partial charge is 0.302 e. The Morgan fingerprint density at radius 3 is 2.52 bits per heavy atom. The van der Waals surface area contributed by atoms with Crippen molar-refractivity contribution in [1.82, 2.24) is 9.88 Å². The summed E-state index contributed by atoms with van der Waals surface area (Å²) in [5.41, 5.74) is 0.821. The maximum absolute atomic E-state index is 12.8. The van der Waals surface area contributed by atoms with Crippen LogP contribution in [0.25, 0.3) is 10.8 Å². The van der Waals surface area contributed by atoms with Crippen molar-refractivity contribution in [2.24, 2.45) is 0 Å². The number of hydrogen-bond acceptors (Lipinski definition) is 3. The lowest BCUT2D eigenvalue weighted by Crippen LogP contribution is -2.44. The van der Waals surface area contributed by atoms with Crippen LogP contribution in [0.2, 0.25) is 0 Å². The van der Waals surface area contributed by atoms with Gasteiger partial charge < -0.3 is 4.57 Å². The third-order valence-corrected chi connectivity index (χ3v) is 4.34. The molecule has 2 heterocycles. The molecule has 1 aliphatic heterocycles. The molecule has 1 aliphatic rings. The quantitative estimate of drug-likeness (QED) is 0.821. The number of fused-ring (bicyclic) bond motifs is 1. The highest BCUT2D eigenvalue weighted by atomic mass is 16.2. The second-order valence-corrected chi connectivity index (χ2v) is 7.05. The van der Waals surface area contributed by atoms with E-state index in [4.69, 9.17) is 0 Å². The van der Waals surface area contributed by atoms with Crippen molar-refractivity contribution in [2.45, 2.75) is 45.1 Å². The molecule has 1 fully saturated rings. The lowest BCUT2D eigenvalue weighted by Gasteiger charge is -2.23. The van der Waals surface area contributed by atoms with Gasteiger partial charge in [0.05, 0.1) is 0 Å². The Kier molecular flexibility index (Phi) is 3.59. The van der Waals surface area contributed by atoms with E-state index < -0.39 is 11.9 Å². The fourth-order valence-corrected chi connectivity index (χ4v) is 2.91. The van der Waals surface area contributed by atoms with Gasteiger partial charge in [0.1, 0.15) is 6.04 Å². The van der Waals surface area contributed by atoms with Crippen molar-refractivity contribution in [3.05, 3.63) is 46.4 Å². The SMILES string of the molecule is CC(C)(C)c1ccc2ccn(C3CCC(=O)NC3=O)c(=O)c2c1. The number of nitrogens with one attached hydrogen (secondary N) is 1. The van der Waals surface area contributed by atoms with Gasteiger partial charge in [-0.25, -0.2) is 0 Å². The number of carbonyl (C=O) groups is 2. The first-order valence-electron chi connectivity index (χ1n) is 7.76. The summed E-state index contributed by atoms with van der Waals surface area (Å²) in [6.07, 6.45) is 2.25. The highest BCUT2D eigenvalue weighted by Gasteiger charge is 2.29. The Balaban J connectivity index is 2.13. The second kappa shape index (κ2) is 5.33. The van der Waals surface area contributed by atoms with Crippen molar-refractivity contribution >= 4 is 22.6 Å². The highest BCUT2D eigenvalue weighted by molar-refractivity contribution is 5.99. The molecule has 1 aromatic heterocycles. The number of pyridine rings is 1. The molecule has 3 rings (SSSR count). The molecule has 120 valence electrons. The minimum Gasteiger partial charge on any atom is -0.302 e. The summed E-state index contributed by atoms with van der Waals surface area (Å²) in [5.74, 6) is -0.690. The molecule has 23 heavy (non-hydrogen) atoms. The Bertz CT molecular complexity index is 859. The van der Waals surface area contributed by atoms with Crippen LogP contribution in [0.4, 0.5) is 0 Å². The molecule has 0 saturated carbocycles. The van der Waals surface area contributed by atoms with Crippen LogP contribution in [-0.2, 0) is 15.0 Å². The summed E-state index contributed by atoms with van der Waals surface area (Å²) in [4.78, 5) is 36.1. The van der Waals surface area contributed by atoms with Gasteiger partial charge in [-0.3, -0.25) is 19.7 Å². The van der Waals surface area contributed by atoms with Gasteiger partial charge in [-0.2, -0.15) is 0 Å². The number of nitrogens with zero attached hydrogens (tertiary/aromatic N) is 1. The first-order chi connectivity index (χ1) is 10.8. The van der Waals surface area contributed by atoms with Gasteiger partial charge >= 0.3 is 0 Å². The summed E-state index contributed by atoms with van der Waals surface area (Å²) in [6.45, 7) is 6.28. The van der Waals surface area contributed by atoms with E-state index in [1.807, 2.05) is 24.3 Å². The number of imide groups is 1. The zero-order valence-electron chi connectivity index (χ0n) is 13.6. The van der Waals surface area contributed by atoms with Crippen molar-refractivity contribution in [1.29, 1.82) is 0 Å². The number of piperidine rings is 1. The first-order valence-corrected chi connectivity index (χ1v) is 7.76. The molecule has 1 N–H and O–H groups in total. The third kappa shape index (κ3) is 2.79. The van der Waals surface area contributed by atoms with E-state index >= 15 is 0 Å². The fourth-order valence-electron chi connectivity index (χ4n) is 2.91. The molecule has 5 heteroatoms. The van der Waals surface area contributed by atoms with E-state index in [2.05, 4.69) is 26.1 Å². The maximum atomic E-state index is 12.8. The molecule has 1 atom stereocenters. The average molecular weight is 312 g/mol. The highest BCUT2D eigenvalue weighted by Crippen LogP contribution is 2.25. The summed E-state index contributed by atoms with van der Waals surface area (Å²) in [6, 6.07) is 7.08. The van der Waals surface area contributed by atoms with Crippen LogP contribution in [0.1, 0.15) is 45.2 Å². The lowest BCUT2D eigenvalue weighted by molar-refractivity contribution is -0.135. The Labute approximate surface area is 134 Å². The number of hydrogen-bond donors (Lipinski definition) is 1. The Hall–Kier alpha value is -2.43. The monoisotopic (exact) mass is 312 g/mol. The molecule has 2 amide bonds. The van der Waals surface area contributed by atoms with Crippen molar-refractivity contribution in [3.8, 4) is 0 Å². The molecular formula is C18H20N2O3. The molecule has 0 spiro atoms. The van der Waals surface area contributed by atoms with Gasteiger partial charge in [0.2, 0.25) is 11.8 Å². The van der Waals surface area contributed by atoms with E-state index in [1.165, 1.54) is 4.57 Å². The molecule has 1 unspecified atom stereocenters. The van der Waals surface area contributed by atoms with Crippen LogP contribution in [-0.4, -0.2) is 16.4 Å². The minimum atomic E-state index is -0.622. The molecule has 2 aromatic rings. The van der Waals surface area contributed by atoms with Crippen molar-refractivity contribution in [3.63, 3.8) is 0 Å². The molecule has 1 saturated heterocycles. The maximum Gasteiger partial charge on any atom is 0.259 e. The second-order valence-electron chi connectivity index (χ2n) is 7.05. The number of benzene rings is 1. The normalized spacial score (nSPS) is 19.0. The van der Waals surface area contributed by atoms with Crippen LogP contribution >= 0.6 is 0 Å². The summed E-state index contributed by atoms with van der Waals surface area (Å²) in [7, 11) is 0. The predicted octanol–water partition coefficient (Wildman–Crippen LogP) is 2.28. The smallest absolute Gasteiger partial charge is 0.259 e. The Morgan fingerprint density at radius 2 is 1.87 bits per heavy atom. The molecule has 5 nitrogen and oxygen atoms in total. The summed E-state index contributed by atoms with van der Waals surface area (Å²) < 4.78 is 1.44. The number of aromatic nitrogens is 1. The zero-order chi connectivity index (χ0) is 16.8. The minimum absolute atomic E-state index is 0.0596. The number of carbonyl (C=O) groups excluding carboxylic acids is 2. The molecule has 0 aliphatic carbocycles. The van der Waals surface area contributed by atoms with Crippen LogP contribution < -0.4 is 10.9 Å². The first kappa shape index (κ1) is 15.5. The van der Waals surface area contributed by atoms with E-state index in [0.717, 1.165) is 10.9 Å². The summed E-state index contributed by atoms with van der Waals surface area (Å²) >= 11 is 0. The standard InChI is InChI=1S/C18H20N2O3/c1-18(2,3)12-5-4-11-8-9-20(17(23)13(11)10-12)14-6-7-15(21)19-16(14)22/h4-5,8-10,14H,6-7H2,1-3H3,(H,19,21,22). The van der Waals surface area contributed by atoms with Gasteiger partial charge in [-0.1, -0.05) is 32.9 Å². The Morgan fingerprint density at radius 1 is 1.13 bits per heavy atom. The third-order valence-electron chi connectivity index (χ3n) is 4.34. The average Bonchev–Trinajstić information content (AvgIpc) is 2.47. The topological polar surface area (TPSA) is 68.2 Å². The lowest BCUT2D eigenvalue weighted by atomic mass is 9.86. The predicted molar refractivity (Wildman–Crippen MR) is 88.3 cm³/mol. The number of amides is 2. The molecular weight excluding hydrogens is 292 g/mol.